The number of nitrogens with one attached hydrogen (secondary N) is 2. The van der Waals surface area contributed by atoms with Gasteiger partial charge in [0, 0.05) is 38.4 Å². The molecule has 1 aromatic carbocycles. The molecule has 1 fully saturated rings. The molecule has 1 unspecified atom stereocenters. The summed E-state index contributed by atoms with van der Waals surface area (Å²) >= 11 is 0. The monoisotopic (exact) mass is 485 g/mol. The molecular weight excluding hydrogens is 449 g/mol. The molecule has 2 aliphatic heterocycles. The van der Waals surface area contributed by atoms with Crippen molar-refractivity contribution in [3.63, 3.8) is 0 Å². The van der Waals surface area contributed by atoms with Gasteiger partial charge in [-0.15, -0.1) is 24.0 Å². The molecule has 0 amide bonds. The number of rotatable bonds is 6. The second-order valence-electron chi connectivity index (χ2n) is 7.49. The molecule has 1 aromatic rings. The van der Waals surface area contributed by atoms with Crippen LogP contribution in [0.25, 0.3) is 0 Å². The molecule has 0 saturated carbocycles. The van der Waals surface area contributed by atoms with Gasteiger partial charge in [0.25, 0.3) is 0 Å². The van der Waals surface area contributed by atoms with Crippen LogP contribution in [0.15, 0.2) is 23.2 Å². The highest BCUT2D eigenvalue weighted by atomic mass is 127. The molecular formula is C21H36IN5. The van der Waals surface area contributed by atoms with Crippen molar-refractivity contribution in [1.29, 1.82) is 0 Å². The smallest absolute Gasteiger partial charge is 0.191 e. The normalized spacial score (nSPS) is 20.2. The van der Waals surface area contributed by atoms with Crippen LogP contribution in [0.5, 0.6) is 0 Å². The van der Waals surface area contributed by atoms with Gasteiger partial charge in [0.15, 0.2) is 5.96 Å². The van der Waals surface area contributed by atoms with E-state index in [-0.39, 0.29) is 24.0 Å². The number of likely N-dealkylation sites (N-methyl/N-ethyl adjacent to an activating group) is 1. The van der Waals surface area contributed by atoms with Crippen LogP contribution in [0, 0.1) is 0 Å². The molecule has 5 nitrogen and oxygen atoms in total. The summed E-state index contributed by atoms with van der Waals surface area (Å²) in [4.78, 5) is 9.75. The van der Waals surface area contributed by atoms with Gasteiger partial charge >= 0.3 is 0 Å². The third-order valence-corrected chi connectivity index (χ3v) is 5.67. The Morgan fingerprint density at radius 3 is 2.81 bits per heavy atom. The van der Waals surface area contributed by atoms with Crippen molar-refractivity contribution in [2.45, 2.75) is 52.1 Å². The van der Waals surface area contributed by atoms with Crippen molar-refractivity contribution in [3.05, 3.63) is 29.3 Å². The van der Waals surface area contributed by atoms with Crippen LogP contribution in [0.2, 0.25) is 0 Å². The topological polar surface area (TPSA) is 42.9 Å². The first-order chi connectivity index (χ1) is 12.7. The lowest BCUT2D eigenvalue weighted by molar-refractivity contribution is 0.267. The van der Waals surface area contributed by atoms with Gasteiger partial charge in [0.05, 0.1) is 6.54 Å². The van der Waals surface area contributed by atoms with E-state index in [1.807, 2.05) is 0 Å². The highest BCUT2D eigenvalue weighted by Gasteiger charge is 2.22. The Hall–Kier alpha value is -1.02. The van der Waals surface area contributed by atoms with E-state index >= 15 is 0 Å². The van der Waals surface area contributed by atoms with Gasteiger partial charge in [-0.3, -0.25) is 4.90 Å². The van der Waals surface area contributed by atoms with Crippen LogP contribution in [-0.2, 0) is 13.0 Å². The standard InChI is InChI=1S/C21H35N5.HI/c1-4-22-21(24-16-19-9-7-13-26(19)5-2)23-15-17-10-11-20-18(14-17)8-6-12-25(20)3;/h10-11,14,19H,4-9,12-13,15-16H2,1-3H3,(H2,22,23,24);1H. The summed E-state index contributed by atoms with van der Waals surface area (Å²) < 4.78 is 0. The zero-order chi connectivity index (χ0) is 18.4. The van der Waals surface area contributed by atoms with Crippen molar-refractivity contribution in [2.24, 2.45) is 4.99 Å². The van der Waals surface area contributed by atoms with E-state index in [0.717, 1.165) is 38.7 Å². The minimum absolute atomic E-state index is 0. The molecule has 1 atom stereocenters. The van der Waals surface area contributed by atoms with Gasteiger partial charge in [0.1, 0.15) is 0 Å². The number of nitrogens with zero attached hydrogens (tertiary/aromatic N) is 3. The maximum Gasteiger partial charge on any atom is 0.191 e. The zero-order valence-electron chi connectivity index (χ0n) is 17.1. The highest BCUT2D eigenvalue weighted by Crippen LogP contribution is 2.27. The molecule has 2 N–H and O–H groups in total. The second-order valence-corrected chi connectivity index (χ2v) is 7.49. The van der Waals surface area contributed by atoms with Crippen LogP contribution in [-0.4, -0.2) is 56.7 Å². The van der Waals surface area contributed by atoms with Crippen molar-refractivity contribution in [1.82, 2.24) is 15.5 Å². The van der Waals surface area contributed by atoms with Crippen LogP contribution >= 0.6 is 24.0 Å². The van der Waals surface area contributed by atoms with Crippen molar-refractivity contribution in [2.75, 3.05) is 44.7 Å². The molecule has 2 heterocycles. The summed E-state index contributed by atoms with van der Waals surface area (Å²) in [5.41, 5.74) is 4.15. The van der Waals surface area contributed by atoms with Crippen LogP contribution in [0.4, 0.5) is 5.69 Å². The number of anilines is 1. The van der Waals surface area contributed by atoms with Crippen molar-refractivity contribution < 1.29 is 0 Å². The average Bonchev–Trinajstić information content (AvgIpc) is 3.11. The van der Waals surface area contributed by atoms with Gasteiger partial charge < -0.3 is 15.5 Å². The Balaban J connectivity index is 0.00000261. The maximum atomic E-state index is 4.83. The summed E-state index contributed by atoms with van der Waals surface area (Å²) in [6, 6.07) is 7.47. The van der Waals surface area contributed by atoms with E-state index in [1.165, 1.54) is 49.0 Å². The Kier molecular flexibility index (Phi) is 9.15. The molecule has 0 bridgehead atoms. The summed E-state index contributed by atoms with van der Waals surface area (Å²) in [6.45, 7) is 10.5. The van der Waals surface area contributed by atoms with Crippen LogP contribution in [0.1, 0.15) is 44.2 Å². The zero-order valence-corrected chi connectivity index (χ0v) is 19.5. The Labute approximate surface area is 182 Å². The fraction of sp³-hybridized carbons (Fsp3) is 0.667. The van der Waals surface area contributed by atoms with E-state index in [9.17, 15) is 0 Å². The minimum atomic E-state index is 0. The number of benzene rings is 1. The first-order valence-corrected chi connectivity index (χ1v) is 10.3. The lowest BCUT2D eigenvalue weighted by Crippen LogP contribution is -2.44. The molecule has 0 aromatic heterocycles. The van der Waals surface area contributed by atoms with E-state index in [0.29, 0.717) is 6.04 Å². The van der Waals surface area contributed by atoms with E-state index in [4.69, 9.17) is 4.99 Å². The fourth-order valence-corrected chi connectivity index (χ4v) is 4.21. The number of aryl methyl sites for hydroxylation is 1. The summed E-state index contributed by atoms with van der Waals surface area (Å²) in [6.07, 6.45) is 5.04. The lowest BCUT2D eigenvalue weighted by atomic mass is 10.00. The number of aliphatic imine (C=N–C) groups is 1. The lowest BCUT2D eigenvalue weighted by Gasteiger charge is -2.27. The molecule has 0 aliphatic carbocycles. The van der Waals surface area contributed by atoms with Gasteiger partial charge in [-0.25, -0.2) is 4.99 Å². The average molecular weight is 485 g/mol. The van der Waals surface area contributed by atoms with Crippen molar-refractivity contribution in [3.8, 4) is 0 Å². The molecule has 1 saturated heterocycles. The predicted molar refractivity (Wildman–Crippen MR) is 127 cm³/mol. The van der Waals surface area contributed by atoms with Gasteiger partial charge in [-0.05, 0) is 62.9 Å². The third-order valence-electron chi connectivity index (χ3n) is 5.67. The fourth-order valence-electron chi connectivity index (χ4n) is 4.21. The first-order valence-electron chi connectivity index (χ1n) is 10.3. The largest absolute Gasteiger partial charge is 0.374 e. The summed E-state index contributed by atoms with van der Waals surface area (Å²) in [7, 11) is 2.19. The molecule has 2 aliphatic rings. The Bertz CT molecular complexity index is 619. The van der Waals surface area contributed by atoms with Gasteiger partial charge in [-0.1, -0.05) is 19.1 Å². The molecule has 0 spiro atoms. The molecule has 3 rings (SSSR count). The molecule has 6 heteroatoms. The Morgan fingerprint density at radius 1 is 1.19 bits per heavy atom. The molecule has 0 radical (unpaired) electrons. The van der Waals surface area contributed by atoms with E-state index in [1.54, 1.807) is 0 Å². The SMILES string of the molecule is CCNC(=NCc1ccc2c(c1)CCCN2C)NCC1CCCN1CC.I. The molecule has 27 heavy (non-hydrogen) atoms. The summed E-state index contributed by atoms with van der Waals surface area (Å²) in [5, 5.41) is 6.95. The number of likely N-dealkylation sites (tertiary alicyclic amines) is 1. The second kappa shape index (κ2) is 11.1. The minimum Gasteiger partial charge on any atom is -0.374 e. The van der Waals surface area contributed by atoms with Gasteiger partial charge in [0.2, 0.25) is 0 Å². The third kappa shape index (κ3) is 5.98. The summed E-state index contributed by atoms with van der Waals surface area (Å²) in [5.74, 6) is 0.935. The number of halogens is 1. The Morgan fingerprint density at radius 2 is 2.04 bits per heavy atom. The van der Waals surface area contributed by atoms with E-state index < -0.39 is 0 Å². The number of guanidine groups is 1. The van der Waals surface area contributed by atoms with E-state index in [2.05, 4.69) is 59.5 Å². The number of hydrogen-bond acceptors (Lipinski definition) is 3. The highest BCUT2D eigenvalue weighted by molar-refractivity contribution is 14.0. The van der Waals surface area contributed by atoms with Crippen LogP contribution in [0.3, 0.4) is 0 Å². The molecule has 152 valence electrons. The predicted octanol–water partition coefficient (Wildman–Crippen LogP) is 3.23. The first kappa shape index (κ1) is 22.3. The van der Waals surface area contributed by atoms with Gasteiger partial charge in [-0.2, -0.15) is 0 Å². The van der Waals surface area contributed by atoms with Crippen LogP contribution < -0.4 is 15.5 Å². The van der Waals surface area contributed by atoms with Crippen molar-refractivity contribution >= 4 is 35.6 Å². The maximum absolute atomic E-state index is 4.83. The quantitative estimate of drug-likeness (QED) is 0.369. The number of fused-ring (bicyclic) bond motifs is 1. The number of hydrogen-bond donors (Lipinski definition) is 2.